The molecular weight excluding hydrogens is 214 g/mol. The number of allylic oxidation sites excluding steroid dienone is 1. The molecule has 0 aromatic carbocycles. The summed E-state index contributed by atoms with van der Waals surface area (Å²) < 4.78 is 5.18. The minimum Gasteiger partial charge on any atom is -0.479 e. The van der Waals surface area contributed by atoms with Crippen molar-refractivity contribution in [1.29, 1.82) is 0 Å². The van der Waals surface area contributed by atoms with E-state index in [0.29, 0.717) is 11.9 Å². The van der Waals surface area contributed by atoms with E-state index in [4.69, 9.17) is 4.74 Å². The van der Waals surface area contributed by atoms with E-state index >= 15 is 0 Å². The third kappa shape index (κ3) is 4.53. The van der Waals surface area contributed by atoms with E-state index < -0.39 is 0 Å². The maximum absolute atomic E-state index is 5.18. The molecule has 1 aromatic rings. The smallest absolute Gasteiger partial charge is 0.239 e. The fourth-order valence-electron chi connectivity index (χ4n) is 1.50. The Morgan fingerprint density at radius 2 is 2.12 bits per heavy atom. The molecule has 0 saturated carbocycles. The van der Waals surface area contributed by atoms with Crippen molar-refractivity contribution in [3.63, 3.8) is 0 Å². The molecule has 4 nitrogen and oxygen atoms in total. The highest BCUT2D eigenvalue weighted by atomic mass is 16.5. The molecule has 1 aromatic heterocycles. The Morgan fingerprint density at radius 3 is 2.76 bits per heavy atom. The van der Waals surface area contributed by atoms with Gasteiger partial charge in [-0.3, -0.25) is 0 Å². The molecule has 1 heterocycles. The van der Waals surface area contributed by atoms with Gasteiger partial charge >= 0.3 is 0 Å². The molecule has 0 aliphatic rings. The van der Waals surface area contributed by atoms with Crippen LogP contribution in [0.3, 0.4) is 0 Å². The van der Waals surface area contributed by atoms with Gasteiger partial charge in [-0.25, -0.2) is 9.97 Å². The zero-order valence-corrected chi connectivity index (χ0v) is 11.0. The van der Waals surface area contributed by atoms with Gasteiger partial charge in [0.1, 0.15) is 5.69 Å². The van der Waals surface area contributed by atoms with Crippen molar-refractivity contribution in [2.24, 2.45) is 0 Å². The second-order valence-electron chi connectivity index (χ2n) is 4.20. The van der Waals surface area contributed by atoms with E-state index in [9.17, 15) is 0 Å². The van der Waals surface area contributed by atoms with Crippen LogP contribution in [0.5, 0.6) is 5.88 Å². The Balaban J connectivity index is 2.61. The van der Waals surface area contributed by atoms with Gasteiger partial charge in [-0.2, -0.15) is 0 Å². The summed E-state index contributed by atoms with van der Waals surface area (Å²) in [6.45, 7) is 7.28. The highest BCUT2D eigenvalue weighted by Crippen LogP contribution is 2.20. The lowest BCUT2D eigenvalue weighted by molar-refractivity contribution is 0.394. The van der Waals surface area contributed by atoms with Crippen LogP contribution in [0.2, 0.25) is 0 Å². The number of nitrogens with zero attached hydrogens (tertiary/aromatic N) is 2. The molecule has 0 atom stereocenters. The van der Waals surface area contributed by atoms with Gasteiger partial charge in [0, 0.05) is 18.4 Å². The van der Waals surface area contributed by atoms with Crippen molar-refractivity contribution in [2.45, 2.75) is 33.2 Å². The van der Waals surface area contributed by atoms with Gasteiger partial charge in [-0.1, -0.05) is 19.9 Å². The van der Waals surface area contributed by atoms with E-state index in [-0.39, 0.29) is 0 Å². The predicted octanol–water partition coefficient (Wildman–Crippen LogP) is 2.28. The lowest BCUT2D eigenvalue weighted by atomic mass is 10.2. The van der Waals surface area contributed by atoms with Gasteiger partial charge in [-0.15, -0.1) is 0 Å². The summed E-state index contributed by atoms with van der Waals surface area (Å²) in [5.41, 5.74) is 1.92. The SMILES string of the molecule is COc1nccnc1C(C)=CCCNC(C)C. The van der Waals surface area contributed by atoms with E-state index in [1.807, 2.05) is 6.92 Å². The average Bonchev–Trinajstić information content (AvgIpc) is 2.34. The molecule has 0 bridgehead atoms. The summed E-state index contributed by atoms with van der Waals surface area (Å²) >= 11 is 0. The van der Waals surface area contributed by atoms with Crippen molar-refractivity contribution in [3.8, 4) is 5.88 Å². The highest BCUT2D eigenvalue weighted by Gasteiger charge is 2.06. The second-order valence-corrected chi connectivity index (χ2v) is 4.20. The van der Waals surface area contributed by atoms with Crippen molar-refractivity contribution in [1.82, 2.24) is 15.3 Å². The molecule has 0 unspecified atom stereocenters. The van der Waals surface area contributed by atoms with Crippen LogP contribution in [0.15, 0.2) is 18.5 Å². The van der Waals surface area contributed by atoms with Crippen LogP contribution in [0, 0.1) is 0 Å². The molecule has 0 radical (unpaired) electrons. The van der Waals surface area contributed by atoms with Crippen LogP contribution in [-0.4, -0.2) is 29.7 Å². The Labute approximate surface area is 103 Å². The molecule has 0 saturated heterocycles. The molecule has 94 valence electrons. The summed E-state index contributed by atoms with van der Waals surface area (Å²) in [4.78, 5) is 8.42. The average molecular weight is 235 g/mol. The quantitative estimate of drug-likeness (QED) is 0.768. The Bertz CT molecular complexity index is 375. The largest absolute Gasteiger partial charge is 0.479 e. The maximum atomic E-state index is 5.18. The molecule has 4 heteroatoms. The first kappa shape index (κ1) is 13.6. The summed E-state index contributed by atoms with van der Waals surface area (Å²) in [5, 5.41) is 3.37. The third-order valence-electron chi connectivity index (χ3n) is 2.38. The van der Waals surface area contributed by atoms with Crippen molar-refractivity contribution < 1.29 is 4.74 Å². The van der Waals surface area contributed by atoms with Gasteiger partial charge in [-0.05, 0) is 25.5 Å². The van der Waals surface area contributed by atoms with Crippen molar-refractivity contribution in [2.75, 3.05) is 13.7 Å². The second kappa shape index (κ2) is 7.01. The molecule has 0 aliphatic heterocycles. The number of hydrogen-bond donors (Lipinski definition) is 1. The minimum atomic E-state index is 0.523. The van der Waals surface area contributed by atoms with Gasteiger partial charge in [0.15, 0.2) is 0 Å². The number of rotatable bonds is 6. The molecule has 0 spiro atoms. The molecule has 0 aliphatic carbocycles. The Hall–Kier alpha value is -1.42. The van der Waals surface area contributed by atoms with E-state index in [2.05, 4.69) is 35.2 Å². The first-order valence-electron chi connectivity index (χ1n) is 5.90. The van der Waals surface area contributed by atoms with Crippen LogP contribution in [0.1, 0.15) is 32.9 Å². The van der Waals surface area contributed by atoms with Crippen LogP contribution in [-0.2, 0) is 0 Å². The molecule has 0 amide bonds. The van der Waals surface area contributed by atoms with Crippen LogP contribution >= 0.6 is 0 Å². The number of hydrogen-bond acceptors (Lipinski definition) is 4. The zero-order valence-electron chi connectivity index (χ0n) is 11.0. The number of nitrogens with one attached hydrogen (secondary N) is 1. The molecular formula is C13H21N3O. The number of ether oxygens (including phenoxy) is 1. The first-order valence-corrected chi connectivity index (χ1v) is 5.90. The summed E-state index contributed by atoms with van der Waals surface area (Å²) in [6, 6.07) is 0.523. The molecule has 17 heavy (non-hydrogen) atoms. The van der Waals surface area contributed by atoms with E-state index in [1.165, 1.54) is 0 Å². The summed E-state index contributed by atoms with van der Waals surface area (Å²) in [6.07, 6.45) is 6.45. The lowest BCUT2D eigenvalue weighted by Gasteiger charge is -2.07. The third-order valence-corrected chi connectivity index (χ3v) is 2.38. The highest BCUT2D eigenvalue weighted by molar-refractivity contribution is 5.63. The van der Waals surface area contributed by atoms with Gasteiger partial charge < -0.3 is 10.1 Å². The molecule has 1 N–H and O–H groups in total. The van der Waals surface area contributed by atoms with Crippen LogP contribution in [0.4, 0.5) is 0 Å². The summed E-state index contributed by atoms with van der Waals surface area (Å²) in [5.74, 6) is 0.582. The standard InChI is InChI=1S/C13H21N3O/c1-10(2)14-7-5-6-11(3)12-13(17-4)16-9-8-15-12/h6,8-10,14H,5,7H2,1-4H3. The Kier molecular flexibility index (Phi) is 5.63. The monoisotopic (exact) mass is 235 g/mol. The van der Waals surface area contributed by atoms with E-state index in [1.54, 1.807) is 19.5 Å². The lowest BCUT2D eigenvalue weighted by Crippen LogP contribution is -2.23. The fraction of sp³-hybridized carbons (Fsp3) is 0.538. The van der Waals surface area contributed by atoms with E-state index in [0.717, 1.165) is 24.2 Å². The Morgan fingerprint density at radius 1 is 1.41 bits per heavy atom. The van der Waals surface area contributed by atoms with Crippen LogP contribution in [0.25, 0.3) is 5.57 Å². The topological polar surface area (TPSA) is 47.0 Å². The minimum absolute atomic E-state index is 0.523. The maximum Gasteiger partial charge on any atom is 0.239 e. The van der Waals surface area contributed by atoms with Crippen LogP contribution < -0.4 is 10.1 Å². The number of methoxy groups -OCH3 is 1. The normalized spacial score (nSPS) is 11.9. The van der Waals surface area contributed by atoms with Gasteiger partial charge in [0.2, 0.25) is 5.88 Å². The summed E-state index contributed by atoms with van der Waals surface area (Å²) in [7, 11) is 1.61. The number of aromatic nitrogens is 2. The molecule has 0 fully saturated rings. The zero-order chi connectivity index (χ0) is 12.7. The fourth-order valence-corrected chi connectivity index (χ4v) is 1.50. The molecule has 1 rings (SSSR count). The first-order chi connectivity index (χ1) is 8.15. The van der Waals surface area contributed by atoms with Crippen molar-refractivity contribution >= 4 is 5.57 Å². The van der Waals surface area contributed by atoms with Gasteiger partial charge in [0.25, 0.3) is 0 Å². The van der Waals surface area contributed by atoms with Gasteiger partial charge in [0.05, 0.1) is 7.11 Å². The van der Waals surface area contributed by atoms with Crippen molar-refractivity contribution in [3.05, 3.63) is 24.2 Å². The predicted molar refractivity (Wildman–Crippen MR) is 70.0 cm³/mol.